The minimum Gasteiger partial charge on any atom is -0.314 e. The highest BCUT2D eigenvalue weighted by molar-refractivity contribution is 5.49. The van der Waals surface area contributed by atoms with E-state index in [0.29, 0.717) is 18.4 Å². The minimum absolute atomic E-state index is 0.475. The number of carbonyl (C=O) groups is 1. The zero-order chi connectivity index (χ0) is 8.69. The van der Waals surface area contributed by atoms with Crippen LogP contribution in [0.1, 0.15) is 33.6 Å². The maximum absolute atomic E-state index is 10.0. The molecule has 0 aliphatic rings. The second-order valence-corrected chi connectivity index (χ2v) is 3.45. The van der Waals surface area contributed by atoms with Crippen LogP contribution in [-0.4, -0.2) is 18.9 Å². The molecule has 0 bridgehead atoms. The lowest BCUT2D eigenvalue weighted by molar-refractivity contribution is -0.108. The van der Waals surface area contributed by atoms with Gasteiger partial charge in [-0.1, -0.05) is 13.8 Å². The van der Waals surface area contributed by atoms with E-state index in [-0.39, 0.29) is 0 Å². The Bertz CT molecular complexity index is 102. The molecule has 0 aromatic heterocycles. The fourth-order valence-electron chi connectivity index (χ4n) is 0.857. The molecule has 0 heterocycles. The van der Waals surface area contributed by atoms with E-state index in [0.717, 1.165) is 19.3 Å². The van der Waals surface area contributed by atoms with Crippen molar-refractivity contribution >= 4 is 6.29 Å². The largest absolute Gasteiger partial charge is 0.314 e. The second kappa shape index (κ2) is 6.35. The molecular weight excluding hydrogens is 138 g/mol. The molecule has 11 heavy (non-hydrogen) atoms. The Morgan fingerprint density at radius 3 is 2.45 bits per heavy atom. The van der Waals surface area contributed by atoms with Crippen molar-refractivity contribution in [3.63, 3.8) is 0 Å². The molecule has 2 nitrogen and oxygen atoms in total. The predicted molar refractivity (Wildman–Crippen MR) is 47.6 cm³/mol. The molecule has 0 amide bonds. The Morgan fingerprint density at radius 2 is 2.00 bits per heavy atom. The normalized spacial score (nSPS) is 13.5. The van der Waals surface area contributed by atoms with Crippen molar-refractivity contribution in [2.45, 2.75) is 39.7 Å². The highest BCUT2D eigenvalue weighted by atomic mass is 16.1. The fourth-order valence-corrected chi connectivity index (χ4v) is 0.857. The van der Waals surface area contributed by atoms with Crippen molar-refractivity contribution in [3.05, 3.63) is 0 Å². The highest BCUT2D eigenvalue weighted by Gasteiger charge is 2.00. The van der Waals surface area contributed by atoms with Crippen LogP contribution in [0.5, 0.6) is 0 Å². The first-order valence-corrected chi connectivity index (χ1v) is 4.33. The molecule has 1 unspecified atom stereocenters. The molecule has 0 aromatic rings. The molecule has 66 valence electrons. The third kappa shape index (κ3) is 7.53. The molecule has 0 aliphatic carbocycles. The Labute approximate surface area is 69.4 Å². The first-order chi connectivity index (χ1) is 5.16. The van der Waals surface area contributed by atoms with Gasteiger partial charge in [0.05, 0.1) is 0 Å². The molecule has 0 fully saturated rings. The Hall–Kier alpha value is -0.370. The molecule has 2 heteroatoms. The van der Waals surface area contributed by atoms with Gasteiger partial charge < -0.3 is 10.1 Å². The predicted octanol–water partition coefficient (Wildman–Crippen LogP) is 1.60. The molecule has 1 atom stereocenters. The summed E-state index contributed by atoms with van der Waals surface area (Å²) in [7, 11) is 0. The molecule has 0 radical (unpaired) electrons. The van der Waals surface area contributed by atoms with Crippen molar-refractivity contribution < 1.29 is 4.79 Å². The lowest BCUT2D eigenvalue weighted by atomic mass is 10.1. The standard InChI is InChI=1S/C9H19NO/c1-8(2)7-10-9(3)5-4-6-11/h6,8-10H,4-5,7H2,1-3H3. The number of rotatable bonds is 6. The maximum atomic E-state index is 10.0. The summed E-state index contributed by atoms with van der Waals surface area (Å²) in [5.74, 6) is 0.689. The van der Waals surface area contributed by atoms with E-state index in [1.807, 2.05) is 0 Å². The van der Waals surface area contributed by atoms with Gasteiger partial charge in [-0.2, -0.15) is 0 Å². The summed E-state index contributed by atoms with van der Waals surface area (Å²) in [6.45, 7) is 7.52. The summed E-state index contributed by atoms with van der Waals surface area (Å²) in [5.41, 5.74) is 0. The van der Waals surface area contributed by atoms with E-state index >= 15 is 0 Å². The summed E-state index contributed by atoms with van der Waals surface area (Å²) in [4.78, 5) is 10.0. The number of hydrogen-bond acceptors (Lipinski definition) is 2. The Morgan fingerprint density at radius 1 is 1.36 bits per heavy atom. The van der Waals surface area contributed by atoms with Gasteiger partial charge in [-0.3, -0.25) is 0 Å². The molecule has 0 saturated carbocycles. The number of aldehydes is 1. The van der Waals surface area contributed by atoms with Crippen LogP contribution >= 0.6 is 0 Å². The van der Waals surface area contributed by atoms with Crippen molar-refractivity contribution in [2.75, 3.05) is 6.54 Å². The summed E-state index contributed by atoms with van der Waals surface area (Å²) in [5, 5.41) is 3.36. The molecule has 1 N–H and O–H groups in total. The zero-order valence-corrected chi connectivity index (χ0v) is 7.76. The first kappa shape index (κ1) is 10.6. The van der Waals surface area contributed by atoms with Gasteiger partial charge in [0.15, 0.2) is 0 Å². The van der Waals surface area contributed by atoms with Crippen LogP contribution < -0.4 is 5.32 Å². The first-order valence-electron chi connectivity index (χ1n) is 4.33. The highest BCUT2D eigenvalue weighted by Crippen LogP contribution is 1.95. The zero-order valence-electron chi connectivity index (χ0n) is 7.76. The van der Waals surface area contributed by atoms with Gasteiger partial charge in [0, 0.05) is 12.5 Å². The average Bonchev–Trinajstić information content (AvgIpc) is 1.97. The van der Waals surface area contributed by atoms with Crippen LogP contribution in [0.15, 0.2) is 0 Å². The molecule has 0 aromatic carbocycles. The summed E-state index contributed by atoms with van der Waals surface area (Å²) < 4.78 is 0. The van der Waals surface area contributed by atoms with E-state index in [4.69, 9.17) is 0 Å². The summed E-state index contributed by atoms with van der Waals surface area (Å²) >= 11 is 0. The smallest absolute Gasteiger partial charge is 0.120 e. The van der Waals surface area contributed by atoms with Crippen LogP contribution in [0.2, 0.25) is 0 Å². The van der Waals surface area contributed by atoms with Crippen molar-refractivity contribution in [2.24, 2.45) is 5.92 Å². The number of hydrogen-bond donors (Lipinski definition) is 1. The summed E-state index contributed by atoms with van der Waals surface area (Å²) in [6.07, 6.45) is 2.61. The Kier molecular flexibility index (Phi) is 6.13. The van der Waals surface area contributed by atoms with Gasteiger partial charge in [-0.05, 0) is 25.8 Å². The van der Waals surface area contributed by atoms with Crippen molar-refractivity contribution in [3.8, 4) is 0 Å². The maximum Gasteiger partial charge on any atom is 0.120 e. The van der Waals surface area contributed by atoms with Gasteiger partial charge >= 0.3 is 0 Å². The van der Waals surface area contributed by atoms with Gasteiger partial charge in [-0.25, -0.2) is 0 Å². The molecule has 0 spiro atoms. The van der Waals surface area contributed by atoms with Gasteiger partial charge in [0.2, 0.25) is 0 Å². The third-order valence-corrected chi connectivity index (χ3v) is 1.59. The lowest BCUT2D eigenvalue weighted by Gasteiger charge is -2.13. The van der Waals surface area contributed by atoms with Gasteiger partial charge in [0.1, 0.15) is 6.29 Å². The average molecular weight is 157 g/mol. The number of carbonyl (C=O) groups excluding carboxylic acids is 1. The van der Waals surface area contributed by atoms with E-state index < -0.39 is 0 Å². The van der Waals surface area contributed by atoms with Crippen LogP contribution in [0, 0.1) is 5.92 Å². The number of nitrogens with one attached hydrogen (secondary N) is 1. The van der Waals surface area contributed by atoms with E-state index in [9.17, 15) is 4.79 Å². The second-order valence-electron chi connectivity index (χ2n) is 3.45. The topological polar surface area (TPSA) is 29.1 Å². The summed E-state index contributed by atoms with van der Waals surface area (Å²) in [6, 6.07) is 0.475. The quantitative estimate of drug-likeness (QED) is 0.593. The third-order valence-electron chi connectivity index (χ3n) is 1.59. The SMILES string of the molecule is CC(C)CNC(C)CCC=O. The van der Waals surface area contributed by atoms with E-state index in [2.05, 4.69) is 26.1 Å². The fraction of sp³-hybridized carbons (Fsp3) is 0.889. The van der Waals surface area contributed by atoms with Gasteiger partial charge in [0.25, 0.3) is 0 Å². The van der Waals surface area contributed by atoms with Crippen LogP contribution in [0.25, 0.3) is 0 Å². The molecule has 0 aliphatic heterocycles. The minimum atomic E-state index is 0.475. The van der Waals surface area contributed by atoms with E-state index in [1.54, 1.807) is 0 Å². The van der Waals surface area contributed by atoms with Gasteiger partial charge in [-0.15, -0.1) is 0 Å². The molecule has 0 rings (SSSR count). The van der Waals surface area contributed by atoms with Crippen LogP contribution in [0.4, 0.5) is 0 Å². The van der Waals surface area contributed by atoms with Crippen LogP contribution in [0.3, 0.4) is 0 Å². The van der Waals surface area contributed by atoms with Crippen LogP contribution in [-0.2, 0) is 4.79 Å². The molecular formula is C9H19NO. The molecule has 0 saturated heterocycles. The Balaban J connectivity index is 3.21. The van der Waals surface area contributed by atoms with Crippen molar-refractivity contribution in [1.82, 2.24) is 5.32 Å². The monoisotopic (exact) mass is 157 g/mol. The lowest BCUT2D eigenvalue weighted by Crippen LogP contribution is -2.29. The van der Waals surface area contributed by atoms with E-state index in [1.165, 1.54) is 0 Å². The van der Waals surface area contributed by atoms with Crippen molar-refractivity contribution in [1.29, 1.82) is 0 Å².